The maximum atomic E-state index is 11.7. The highest BCUT2D eigenvalue weighted by molar-refractivity contribution is 7.07. The number of carbonyl (C=O) groups excluding carboxylic acids is 1. The molecule has 1 amide bonds. The lowest BCUT2D eigenvalue weighted by Crippen LogP contribution is -2.28. The van der Waals surface area contributed by atoms with Gasteiger partial charge in [0.15, 0.2) is 0 Å². The van der Waals surface area contributed by atoms with E-state index in [4.69, 9.17) is 4.42 Å². The molecule has 0 aliphatic rings. The molecular formula is C15H15N3O2S. The molecule has 0 atom stereocenters. The molecule has 0 aromatic carbocycles. The lowest BCUT2D eigenvalue weighted by atomic mass is 10.2. The summed E-state index contributed by atoms with van der Waals surface area (Å²) in [5.74, 6) is 0.828. The molecule has 6 heteroatoms. The molecular weight excluding hydrogens is 286 g/mol. The van der Waals surface area contributed by atoms with E-state index in [2.05, 4.69) is 10.4 Å². The Kier molecular flexibility index (Phi) is 4.16. The molecule has 0 saturated heterocycles. The minimum atomic E-state index is 0.0341. The maximum Gasteiger partial charge on any atom is 0.224 e. The Balaban J connectivity index is 1.46. The van der Waals surface area contributed by atoms with Crippen LogP contribution in [0.25, 0.3) is 11.3 Å². The standard InChI is InChI=1S/C15H15N3O2S/c19-15(8-12-3-7-21-11-12)16-4-5-18-10-13(9-17-18)14-2-1-6-20-14/h1-3,6-7,9-11H,4-5,8H2,(H,16,19). The van der Waals surface area contributed by atoms with Crippen molar-refractivity contribution < 1.29 is 9.21 Å². The summed E-state index contributed by atoms with van der Waals surface area (Å²) in [6, 6.07) is 5.70. The van der Waals surface area contributed by atoms with Crippen molar-refractivity contribution in [1.82, 2.24) is 15.1 Å². The van der Waals surface area contributed by atoms with Crippen LogP contribution >= 0.6 is 11.3 Å². The number of furan rings is 1. The first-order valence-corrected chi connectivity index (χ1v) is 7.59. The molecule has 1 N–H and O–H groups in total. The van der Waals surface area contributed by atoms with Crippen LogP contribution in [0.15, 0.2) is 52.0 Å². The van der Waals surface area contributed by atoms with E-state index in [1.165, 1.54) is 0 Å². The minimum absolute atomic E-state index is 0.0341. The lowest BCUT2D eigenvalue weighted by Gasteiger charge is -2.04. The van der Waals surface area contributed by atoms with Gasteiger partial charge < -0.3 is 9.73 Å². The van der Waals surface area contributed by atoms with Crippen molar-refractivity contribution in [3.63, 3.8) is 0 Å². The average molecular weight is 301 g/mol. The van der Waals surface area contributed by atoms with Gasteiger partial charge in [-0.1, -0.05) is 0 Å². The first-order chi connectivity index (χ1) is 10.3. The summed E-state index contributed by atoms with van der Waals surface area (Å²) in [4.78, 5) is 11.7. The Morgan fingerprint density at radius 3 is 3.14 bits per heavy atom. The Hall–Kier alpha value is -2.34. The second-order valence-electron chi connectivity index (χ2n) is 4.63. The van der Waals surface area contributed by atoms with Gasteiger partial charge >= 0.3 is 0 Å². The zero-order valence-corrected chi connectivity index (χ0v) is 12.2. The van der Waals surface area contributed by atoms with Gasteiger partial charge in [0, 0.05) is 12.7 Å². The van der Waals surface area contributed by atoms with Crippen molar-refractivity contribution in [2.75, 3.05) is 6.54 Å². The van der Waals surface area contributed by atoms with Gasteiger partial charge in [-0.3, -0.25) is 9.48 Å². The SMILES string of the molecule is O=C(Cc1ccsc1)NCCn1cc(-c2ccco2)cn1. The molecule has 3 aromatic heterocycles. The zero-order chi connectivity index (χ0) is 14.5. The number of thiophene rings is 1. The molecule has 108 valence electrons. The Morgan fingerprint density at radius 1 is 1.43 bits per heavy atom. The summed E-state index contributed by atoms with van der Waals surface area (Å²) in [6.07, 6.45) is 5.73. The van der Waals surface area contributed by atoms with Gasteiger partial charge in [-0.25, -0.2) is 0 Å². The normalized spacial score (nSPS) is 10.7. The van der Waals surface area contributed by atoms with Gasteiger partial charge in [0.2, 0.25) is 5.91 Å². The van der Waals surface area contributed by atoms with E-state index >= 15 is 0 Å². The molecule has 0 aliphatic heterocycles. The first kappa shape index (κ1) is 13.6. The molecule has 3 heterocycles. The van der Waals surface area contributed by atoms with Crippen molar-refractivity contribution in [2.24, 2.45) is 0 Å². The third-order valence-corrected chi connectivity index (χ3v) is 3.78. The van der Waals surface area contributed by atoms with Gasteiger partial charge in [-0.2, -0.15) is 16.4 Å². The number of carbonyl (C=O) groups is 1. The maximum absolute atomic E-state index is 11.7. The highest BCUT2D eigenvalue weighted by atomic mass is 32.1. The minimum Gasteiger partial charge on any atom is -0.464 e. The third-order valence-electron chi connectivity index (χ3n) is 3.05. The third kappa shape index (κ3) is 3.61. The van der Waals surface area contributed by atoms with E-state index in [0.717, 1.165) is 16.9 Å². The number of rotatable bonds is 6. The van der Waals surface area contributed by atoms with Gasteiger partial charge in [0.1, 0.15) is 5.76 Å². The van der Waals surface area contributed by atoms with Crippen LogP contribution < -0.4 is 5.32 Å². The molecule has 5 nitrogen and oxygen atoms in total. The summed E-state index contributed by atoms with van der Waals surface area (Å²) in [5, 5.41) is 11.1. The van der Waals surface area contributed by atoms with Crippen molar-refractivity contribution in [3.05, 3.63) is 53.2 Å². The van der Waals surface area contributed by atoms with E-state index in [-0.39, 0.29) is 5.91 Å². The predicted molar refractivity (Wildman–Crippen MR) is 81.0 cm³/mol. The Bertz CT molecular complexity index is 686. The highest BCUT2D eigenvalue weighted by Crippen LogP contribution is 2.18. The average Bonchev–Trinajstić information content (AvgIpc) is 3.21. The molecule has 0 bridgehead atoms. The summed E-state index contributed by atoms with van der Waals surface area (Å²) >= 11 is 1.60. The largest absolute Gasteiger partial charge is 0.464 e. The van der Waals surface area contributed by atoms with Crippen LogP contribution in [0.3, 0.4) is 0 Å². The second-order valence-corrected chi connectivity index (χ2v) is 5.41. The van der Waals surface area contributed by atoms with Gasteiger partial charge in [-0.15, -0.1) is 0 Å². The van der Waals surface area contributed by atoms with E-state index in [1.54, 1.807) is 28.5 Å². The lowest BCUT2D eigenvalue weighted by molar-refractivity contribution is -0.120. The fourth-order valence-electron chi connectivity index (χ4n) is 2.01. The Morgan fingerprint density at radius 2 is 2.38 bits per heavy atom. The number of amides is 1. The number of hydrogen-bond donors (Lipinski definition) is 1. The highest BCUT2D eigenvalue weighted by Gasteiger charge is 2.05. The number of aromatic nitrogens is 2. The van der Waals surface area contributed by atoms with Crippen LogP contribution in [0.1, 0.15) is 5.56 Å². The predicted octanol–water partition coefficient (Wildman–Crippen LogP) is 2.56. The van der Waals surface area contributed by atoms with Gasteiger partial charge in [0.25, 0.3) is 0 Å². The first-order valence-electron chi connectivity index (χ1n) is 6.65. The smallest absolute Gasteiger partial charge is 0.224 e. The number of nitrogens with zero attached hydrogens (tertiary/aromatic N) is 2. The molecule has 0 spiro atoms. The van der Waals surface area contributed by atoms with E-state index in [0.29, 0.717) is 19.5 Å². The molecule has 0 unspecified atom stereocenters. The second kappa shape index (κ2) is 6.41. The van der Waals surface area contributed by atoms with Crippen molar-refractivity contribution >= 4 is 17.2 Å². The van der Waals surface area contributed by atoms with Crippen molar-refractivity contribution in [2.45, 2.75) is 13.0 Å². The van der Waals surface area contributed by atoms with Crippen LogP contribution in [0.5, 0.6) is 0 Å². The molecule has 3 aromatic rings. The molecule has 21 heavy (non-hydrogen) atoms. The fraction of sp³-hybridized carbons (Fsp3) is 0.200. The number of nitrogens with one attached hydrogen (secondary N) is 1. The topological polar surface area (TPSA) is 60.1 Å². The van der Waals surface area contributed by atoms with Crippen LogP contribution in [0, 0.1) is 0 Å². The van der Waals surface area contributed by atoms with Gasteiger partial charge in [0.05, 0.1) is 31.0 Å². The van der Waals surface area contributed by atoms with E-state index in [9.17, 15) is 4.79 Å². The zero-order valence-electron chi connectivity index (χ0n) is 11.4. The van der Waals surface area contributed by atoms with E-state index < -0.39 is 0 Å². The fourth-order valence-corrected chi connectivity index (χ4v) is 2.68. The monoisotopic (exact) mass is 301 g/mol. The summed E-state index contributed by atoms with van der Waals surface area (Å²) in [7, 11) is 0. The molecule has 3 rings (SSSR count). The quantitative estimate of drug-likeness (QED) is 0.761. The summed E-state index contributed by atoms with van der Waals surface area (Å²) < 4.78 is 7.11. The van der Waals surface area contributed by atoms with Crippen LogP contribution in [-0.2, 0) is 17.8 Å². The van der Waals surface area contributed by atoms with Crippen molar-refractivity contribution in [3.8, 4) is 11.3 Å². The van der Waals surface area contributed by atoms with Crippen LogP contribution in [-0.4, -0.2) is 22.2 Å². The van der Waals surface area contributed by atoms with Crippen LogP contribution in [0.4, 0.5) is 0 Å². The van der Waals surface area contributed by atoms with Crippen molar-refractivity contribution in [1.29, 1.82) is 0 Å². The van der Waals surface area contributed by atoms with Crippen LogP contribution in [0.2, 0.25) is 0 Å². The van der Waals surface area contributed by atoms with Gasteiger partial charge in [-0.05, 0) is 34.5 Å². The molecule has 0 aliphatic carbocycles. The number of hydrogen-bond acceptors (Lipinski definition) is 4. The molecule has 0 fully saturated rings. The van der Waals surface area contributed by atoms with E-state index in [1.807, 2.05) is 35.2 Å². The molecule has 0 radical (unpaired) electrons. The Labute approximate surface area is 126 Å². The summed E-state index contributed by atoms with van der Waals surface area (Å²) in [6.45, 7) is 1.19. The molecule has 0 saturated carbocycles. The summed E-state index contributed by atoms with van der Waals surface area (Å²) in [5.41, 5.74) is 1.99.